The van der Waals surface area contributed by atoms with Crippen LogP contribution in [-0.4, -0.2) is 56.1 Å². The third kappa shape index (κ3) is 5.70. The molecule has 1 aliphatic heterocycles. The second kappa shape index (κ2) is 9.00. The first kappa shape index (κ1) is 20.2. The van der Waals surface area contributed by atoms with Crippen LogP contribution < -0.4 is 10.6 Å². The lowest BCUT2D eigenvalue weighted by Crippen LogP contribution is -2.56. The average molecular weight is 373 g/mol. The van der Waals surface area contributed by atoms with Crippen LogP contribution >= 0.6 is 0 Å². The third-order valence-electron chi connectivity index (χ3n) is 4.09. The fraction of sp³-hybridized carbons (Fsp3) is 0.529. The number of methoxy groups -OCH3 is 1. The first-order chi connectivity index (χ1) is 12.3. The summed E-state index contributed by atoms with van der Waals surface area (Å²) in [6.07, 6.45) is -4.48. The Bertz CT molecular complexity index is 637. The summed E-state index contributed by atoms with van der Waals surface area (Å²) in [5, 5.41) is 5.34. The van der Waals surface area contributed by atoms with E-state index in [2.05, 4.69) is 10.6 Å². The fourth-order valence-corrected chi connectivity index (χ4v) is 2.79. The van der Waals surface area contributed by atoms with Gasteiger partial charge in [-0.2, -0.15) is 13.2 Å². The number of nitrogens with one attached hydrogen (secondary N) is 2. The molecule has 0 spiro atoms. The third-order valence-corrected chi connectivity index (χ3v) is 4.09. The Morgan fingerprint density at radius 3 is 2.88 bits per heavy atom. The highest BCUT2D eigenvalue weighted by Crippen LogP contribution is 2.30. The van der Waals surface area contributed by atoms with Crippen LogP contribution in [-0.2, 0) is 27.0 Å². The number of nitrogens with zero attached hydrogens (tertiary/aromatic N) is 1. The summed E-state index contributed by atoms with van der Waals surface area (Å²) < 4.78 is 43.4. The van der Waals surface area contributed by atoms with Gasteiger partial charge in [0.15, 0.2) is 0 Å². The molecule has 1 atom stereocenters. The number of alkyl halides is 3. The number of rotatable bonds is 7. The maximum Gasteiger partial charge on any atom is 0.416 e. The number of ether oxygens (including phenoxy) is 1. The van der Waals surface area contributed by atoms with Gasteiger partial charge in [0, 0.05) is 33.3 Å². The molecule has 1 aromatic carbocycles. The molecule has 1 aromatic rings. The lowest BCUT2D eigenvalue weighted by Gasteiger charge is -2.34. The van der Waals surface area contributed by atoms with Crippen molar-refractivity contribution < 1.29 is 27.5 Å². The monoisotopic (exact) mass is 373 g/mol. The molecule has 2 amide bonds. The van der Waals surface area contributed by atoms with E-state index in [1.54, 1.807) is 11.0 Å². The molecule has 144 valence electrons. The average Bonchev–Trinajstić information content (AvgIpc) is 2.58. The van der Waals surface area contributed by atoms with E-state index >= 15 is 0 Å². The van der Waals surface area contributed by atoms with Crippen molar-refractivity contribution in [1.82, 2.24) is 15.5 Å². The Morgan fingerprint density at radius 2 is 2.19 bits per heavy atom. The maximum atomic E-state index is 12.9. The first-order valence-electron chi connectivity index (χ1n) is 8.25. The van der Waals surface area contributed by atoms with Crippen LogP contribution in [0.15, 0.2) is 24.3 Å². The van der Waals surface area contributed by atoms with E-state index < -0.39 is 17.8 Å². The van der Waals surface area contributed by atoms with E-state index in [1.807, 2.05) is 0 Å². The minimum absolute atomic E-state index is 0.0610. The largest absolute Gasteiger partial charge is 0.416 e. The fourth-order valence-electron chi connectivity index (χ4n) is 2.79. The van der Waals surface area contributed by atoms with Crippen molar-refractivity contribution in [3.8, 4) is 0 Å². The molecule has 0 radical (unpaired) electrons. The zero-order valence-electron chi connectivity index (χ0n) is 14.4. The van der Waals surface area contributed by atoms with Gasteiger partial charge in [-0.3, -0.25) is 14.5 Å². The normalized spacial score (nSPS) is 18.5. The molecule has 0 bridgehead atoms. The van der Waals surface area contributed by atoms with Gasteiger partial charge in [-0.1, -0.05) is 18.2 Å². The molecule has 2 rings (SSSR count). The second-order valence-electron chi connectivity index (χ2n) is 6.02. The van der Waals surface area contributed by atoms with Gasteiger partial charge in [0.2, 0.25) is 11.8 Å². The van der Waals surface area contributed by atoms with Crippen molar-refractivity contribution in [2.24, 2.45) is 0 Å². The van der Waals surface area contributed by atoms with Crippen LogP contribution in [0.5, 0.6) is 0 Å². The highest BCUT2D eigenvalue weighted by Gasteiger charge is 2.33. The van der Waals surface area contributed by atoms with E-state index in [-0.39, 0.29) is 24.8 Å². The molecular weight excluding hydrogens is 351 g/mol. The van der Waals surface area contributed by atoms with Crippen LogP contribution in [0.1, 0.15) is 17.5 Å². The Balaban J connectivity index is 2.05. The molecule has 1 heterocycles. The quantitative estimate of drug-likeness (QED) is 0.704. The number of carbonyl (C=O) groups excluding carboxylic acids is 2. The summed E-state index contributed by atoms with van der Waals surface area (Å²) in [5.41, 5.74) is -0.287. The van der Waals surface area contributed by atoms with Gasteiger partial charge in [0.1, 0.15) is 0 Å². The van der Waals surface area contributed by atoms with Crippen molar-refractivity contribution in [3.05, 3.63) is 35.4 Å². The van der Waals surface area contributed by atoms with Crippen molar-refractivity contribution in [2.75, 3.05) is 33.4 Å². The summed E-state index contributed by atoms with van der Waals surface area (Å²) in [4.78, 5) is 25.9. The van der Waals surface area contributed by atoms with Crippen LogP contribution in [0.2, 0.25) is 0 Å². The Morgan fingerprint density at radius 1 is 1.42 bits per heavy atom. The number of hydrogen-bond acceptors (Lipinski definition) is 4. The van der Waals surface area contributed by atoms with E-state index in [0.717, 1.165) is 12.1 Å². The van der Waals surface area contributed by atoms with Crippen molar-refractivity contribution in [2.45, 2.75) is 25.2 Å². The van der Waals surface area contributed by atoms with E-state index in [4.69, 9.17) is 4.74 Å². The molecule has 6 nitrogen and oxygen atoms in total. The molecule has 0 aliphatic carbocycles. The standard InChI is InChI=1S/C17H22F3N3O3/c1-26-8-6-21-15(24)10-14-16(25)22-5-7-23(14)11-12-3-2-4-13(9-12)17(18,19)20/h2-4,9,14H,5-8,10-11H2,1H3,(H,21,24)(H,22,25)/t14-/m0/s1. The lowest BCUT2D eigenvalue weighted by atomic mass is 10.1. The number of piperazine rings is 1. The molecule has 1 aliphatic rings. The molecule has 26 heavy (non-hydrogen) atoms. The molecule has 1 saturated heterocycles. The zero-order valence-corrected chi connectivity index (χ0v) is 14.4. The van der Waals surface area contributed by atoms with E-state index in [0.29, 0.717) is 31.8 Å². The minimum Gasteiger partial charge on any atom is -0.383 e. The minimum atomic E-state index is -4.42. The van der Waals surface area contributed by atoms with Crippen molar-refractivity contribution in [1.29, 1.82) is 0 Å². The predicted octanol–water partition coefficient (Wildman–Crippen LogP) is 1.16. The summed E-state index contributed by atoms with van der Waals surface area (Å²) in [6, 6.07) is 4.28. The van der Waals surface area contributed by atoms with E-state index in [9.17, 15) is 22.8 Å². The van der Waals surface area contributed by atoms with Crippen molar-refractivity contribution in [3.63, 3.8) is 0 Å². The smallest absolute Gasteiger partial charge is 0.383 e. The molecule has 9 heteroatoms. The van der Waals surface area contributed by atoms with Crippen LogP contribution in [0.25, 0.3) is 0 Å². The van der Waals surface area contributed by atoms with E-state index in [1.165, 1.54) is 13.2 Å². The van der Waals surface area contributed by atoms with Gasteiger partial charge < -0.3 is 15.4 Å². The summed E-state index contributed by atoms with van der Waals surface area (Å²) in [7, 11) is 1.51. The SMILES string of the molecule is COCCNC(=O)C[C@H]1C(=O)NCCN1Cc1cccc(C(F)(F)F)c1. The van der Waals surface area contributed by atoms with Crippen LogP contribution in [0.4, 0.5) is 13.2 Å². The van der Waals surface area contributed by atoms with Gasteiger partial charge >= 0.3 is 6.18 Å². The molecule has 2 N–H and O–H groups in total. The Hall–Kier alpha value is -2.13. The Labute approximate surface area is 149 Å². The summed E-state index contributed by atoms with van der Waals surface area (Å²) in [5.74, 6) is -0.608. The lowest BCUT2D eigenvalue weighted by molar-refractivity contribution is -0.137. The number of amides is 2. The predicted molar refractivity (Wildman–Crippen MR) is 88.2 cm³/mol. The zero-order chi connectivity index (χ0) is 19.2. The summed E-state index contributed by atoms with van der Waals surface area (Å²) in [6.45, 7) is 1.69. The number of halogens is 3. The van der Waals surface area contributed by atoms with Gasteiger partial charge in [-0.25, -0.2) is 0 Å². The van der Waals surface area contributed by atoms with Crippen molar-refractivity contribution >= 4 is 11.8 Å². The van der Waals surface area contributed by atoms with Gasteiger partial charge in [-0.05, 0) is 11.6 Å². The number of carbonyl (C=O) groups is 2. The molecular formula is C17H22F3N3O3. The van der Waals surface area contributed by atoms with Gasteiger partial charge in [-0.15, -0.1) is 0 Å². The maximum absolute atomic E-state index is 12.9. The van der Waals surface area contributed by atoms with Crippen LogP contribution in [0, 0.1) is 0 Å². The van der Waals surface area contributed by atoms with Gasteiger partial charge in [0.05, 0.1) is 24.6 Å². The highest BCUT2D eigenvalue weighted by molar-refractivity contribution is 5.88. The molecule has 0 aromatic heterocycles. The first-order valence-corrected chi connectivity index (χ1v) is 8.25. The number of hydrogen-bond donors (Lipinski definition) is 2. The molecule has 0 saturated carbocycles. The molecule has 1 fully saturated rings. The van der Waals surface area contributed by atoms with Gasteiger partial charge in [0.25, 0.3) is 0 Å². The second-order valence-corrected chi connectivity index (χ2v) is 6.02. The topological polar surface area (TPSA) is 70.7 Å². The Kier molecular flexibility index (Phi) is 6.98. The highest BCUT2D eigenvalue weighted by atomic mass is 19.4. The summed E-state index contributed by atoms with van der Waals surface area (Å²) >= 11 is 0. The van der Waals surface area contributed by atoms with Crippen LogP contribution in [0.3, 0.4) is 0 Å². The molecule has 0 unspecified atom stereocenters. The number of benzene rings is 1.